The summed E-state index contributed by atoms with van der Waals surface area (Å²) in [6.45, 7) is 5.53. The van der Waals surface area contributed by atoms with E-state index >= 15 is 0 Å². The van der Waals surface area contributed by atoms with Gasteiger partial charge in [0.15, 0.2) is 5.82 Å². The number of nitrogens with one attached hydrogen (secondary N) is 1. The van der Waals surface area contributed by atoms with Crippen molar-refractivity contribution in [3.63, 3.8) is 0 Å². The van der Waals surface area contributed by atoms with E-state index in [0.29, 0.717) is 5.92 Å². The molecule has 1 saturated heterocycles. The van der Waals surface area contributed by atoms with Crippen LogP contribution in [0, 0.1) is 5.92 Å². The molecule has 1 aromatic rings. The molecular weight excluding hydrogens is 188 g/mol. The van der Waals surface area contributed by atoms with Crippen molar-refractivity contribution in [2.75, 3.05) is 13.1 Å². The molecule has 1 aromatic heterocycles. The van der Waals surface area contributed by atoms with E-state index in [2.05, 4.69) is 22.0 Å². The van der Waals surface area contributed by atoms with E-state index < -0.39 is 0 Å². The van der Waals surface area contributed by atoms with Gasteiger partial charge in [0.05, 0.1) is 0 Å². The smallest absolute Gasteiger partial charge is 0.155 e. The van der Waals surface area contributed by atoms with Crippen LogP contribution in [0.25, 0.3) is 0 Å². The monoisotopic (exact) mass is 206 g/mol. The highest BCUT2D eigenvalue weighted by Crippen LogP contribution is 2.23. The number of aryl methyl sites for hydroxylation is 1. The first kappa shape index (κ1) is 9.33. The summed E-state index contributed by atoms with van der Waals surface area (Å²) < 4.78 is 2.12. The van der Waals surface area contributed by atoms with E-state index in [9.17, 15) is 0 Å². The van der Waals surface area contributed by atoms with Gasteiger partial charge >= 0.3 is 0 Å². The minimum absolute atomic E-state index is 0.554. The molecule has 0 radical (unpaired) electrons. The van der Waals surface area contributed by atoms with Crippen LogP contribution in [-0.2, 0) is 13.0 Å². The van der Waals surface area contributed by atoms with E-state index in [0.717, 1.165) is 37.8 Å². The van der Waals surface area contributed by atoms with Crippen molar-refractivity contribution in [3.05, 3.63) is 11.6 Å². The summed E-state index contributed by atoms with van der Waals surface area (Å²) in [4.78, 5) is 4.70. The summed E-state index contributed by atoms with van der Waals surface area (Å²) in [5.41, 5.74) is 0. The molecule has 2 atom stereocenters. The average Bonchev–Trinajstić information content (AvgIpc) is 2.84. The van der Waals surface area contributed by atoms with E-state index in [-0.39, 0.29) is 0 Å². The highest BCUT2D eigenvalue weighted by molar-refractivity contribution is 5.04. The lowest BCUT2D eigenvalue weighted by molar-refractivity contribution is 0.385. The Morgan fingerprint density at radius 3 is 3.13 bits per heavy atom. The average molecular weight is 206 g/mol. The van der Waals surface area contributed by atoms with Gasteiger partial charge in [-0.05, 0) is 25.3 Å². The fraction of sp³-hybridized carbons (Fsp3) is 0.818. The zero-order valence-corrected chi connectivity index (χ0v) is 9.24. The molecular formula is C11H18N4. The summed E-state index contributed by atoms with van der Waals surface area (Å²) in [7, 11) is 0. The second-order valence-electron chi connectivity index (χ2n) is 4.90. The summed E-state index contributed by atoms with van der Waals surface area (Å²) >= 11 is 0. The van der Waals surface area contributed by atoms with Gasteiger partial charge in [0.2, 0.25) is 0 Å². The second-order valence-corrected chi connectivity index (χ2v) is 4.90. The third-order valence-corrected chi connectivity index (χ3v) is 3.55. The molecule has 82 valence electrons. The standard InChI is InChI=1S/C11H18N4/c1-8-3-5-15-10(6-8)13-11(14-15)9-2-4-12-7-9/h8-9,12H,2-7H2,1H3. The molecule has 4 nitrogen and oxygen atoms in total. The predicted molar refractivity (Wildman–Crippen MR) is 57.7 cm³/mol. The van der Waals surface area contributed by atoms with Crippen molar-refractivity contribution >= 4 is 0 Å². The van der Waals surface area contributed by atoms with Crippen molar-refractivity contribution in [1.82, 2.24) is 20.1 Å². The Morgan fingerprint density at radius 1 is 1.40 bits per heavy atom. The molecule has 0 bridgehead atoms. The Kier molecular flexibility index (Phi) is 2.24. The van der Waals surface area contributed by atoms with Gasteiger partial charge in [-0.25, -0.2) is 9.67 Å². The number of hydrogen-bond donors (Lipinski definition) is 1. The zero-order chi connectivity index (χ0) is 10.3. The summed E-state index contributed by atoms with van der Waals surface area (Å²) in [6, 6.07) is 0. The Morgan fingerprint density at radius 2 is 2.33 bits per heavy atom. The molecule has 2 aliphatic heterocycles. The predicted octanol–water partition coefficient (Wildman–Crippen LogP) is 0.937. The molecule has 0 spiro atoms. The molecule has 0 amide bonds. The van der Waals surface area contributed by atoms with Crippen LogP contribution in [0.2, 0.25) is 0 Å². The highest BCUT2D eigenvalue weighted by atomic mass is 15.4. The first-order chi connectivity index (χ1) is 7.33. The topological polar surface area (TPSA) is 42.7 Å². The van der Waals surface area contributed by atoms with Gasteiger partial charge < -0.3 is 5.32 Å². The van der Waals surface area contributed by atoms with Gasteiger partial charge in [-0.3, -0.25) is 0 Å². The van der Waals surface area contributed by atoms with Gasteiger partial charge in [0.1, 0.15) is 5.82 Å². The third-order valence-electron chi connectivity index (χ3n) is 3.55. The van der Waals surface area contributed by atoms with Gasteiger partial charge in [-0.1, -0.05) is 6.92 Å². The molecule has 2 unspecified atom stereocenters. The molecule has 0 aliphatic carbocycles. The summed E-state index contributed by atoms with van der Waals surface area (Å²) in [6.07, 6.45) is 3.55. The second kappa shape index (κ2) is 3.59. The lowest BCUT2D eigenvalue weighted by atomic mass is 10.0. The van der Waals surface area contributed by atoms with Crippen molar-refractivity contribution in [2.24, 2.45) is 5.92 Å². The van der Waals surface area contributed by atoms with Crippen molar-refractivity contribution in [1.29, 1.82) is 0 Å². The Balaban J connectivity index is 1.85. The fourth-order valence-corrected chi connectivity index (χ4v) is 2.53. The first-order valence-corrected chi connectivity index (χ1v) is 5.97. The van der Waals surface area contributed by atoms with Crippen LogP contribution in [-0.4, -0.2) is 27.9 Å². The lowest BCUT2D eigenvalue weighted by Crippen LogP contribution is -2.18. The van der Waals surface area contributed by atoms with Crippen molar-refractivity contribution in [2.45, 2.75) is 38.6 Å². The van der Waals surface area contributed by atoms with Gasteiger partial charge in [-0.15, -0.1) is 0 Å². The Bertz CT molecular complexity index is 351. The van der Waals surface area contributed by atoms with E-state index in [1.54, 1.807) is 0 Å². The number of aromatic nitrogens is 3. The van der Waals surface area contributed by atoms with Gasteiger partial charge in [0, 0.05) is 25.4 Å². The number of rotatable bonds is 1. The highest BCUT2D eigenvalue weighted by Gasteiger charge is 2.24. The van der Waals surface area contributed by atoms with Crippen LogP contribution in [0.3, 0.4) is 0 Å². The van der Waals surface area contributed by atoms with Crippen molar-refractivity contribution < 1.29 is 0 Å². The maximum atomic E-state index is 4.70. The van der Waals surface area contributed by atoms with E-state index in [4.69, 9.17) is 4.98 Å². The molecule has 2 aliphatic rings. The van der Waals surface area contributed by atoms with Crippen LogP contribution in [0.4, 0.5) is 0 Å². The largest absolute Gasteiger partial charge is 0.316 e. The Labute approximate surface area is 90.1 Å². The molecule has 1 N–H and O–H groups in total. The SMILES string of the molecule is CC1CCn2nc(C3CCNC3)nc2C1. The van der Waals surface area contributed by atoms with E-state index in [1.165, 1.54) is 18.7 Å². The van der Waals surface area contributed by atoms with Crippen LogP contribution in [0.5, 0.6) is 0 Å². The molecule has 0 aromatic carbocycles. The van der Waals surface area contributed by atoms with Crippen LogP contribution in [0.15, 0.2) is 0 Å². The lowest BCUT2D eigenvalue weighted by Gasteiger charge is -2.17. The Hall–Kier alpha value is -0.900. The molecule has 15 heavy (non-hydrogen) atoms. The van der Waals surface area contributed by atoms with Gasteiger partial charge in [-0.2, -0.15) is 5.10 Å². The number of hydrogen-bond acceptors (Lipinski definition) is 3. The van der Waals surface area contributed by atoms with Crippen LogP contribution >= 0.6 is 0 Å². The molecule has 3 rings (SSSR count). The normalized spacial score (nSPS) is 30.5. The number of nitrogens with zero attached hydrogens (tertiary/aromatic N) is 3. The fourth-order valence-electron chi connectivity index (χ4n) is 2.53. The minimum atomic E-state index is 0.554. The van der Waals surface area contributed by atoms with Crippen LogP contribution < -0.4 is 5.32 Å². The maximum absolute atomic E-state index is 4.70. The zero-order valence-electron chi connectivity index (χ0n) is 9.24. The minimum Gasteiger partial charge on any atom is -0.316 e. The molecule has 4 heteroatoms. The van der Waals surface area contributed by atoms with Crippen molar-refractivity contribution in [3.8, 4) is 0 Å². The summed E-state index contributed by atoms with van der Waals surface area (Å²) in [5, 5.41) is 8.00. The van der Waals surface area contributed by atoms with Crippen LogP contribution in [0.1, 0.15) is 37.3 Å². The van der Waals surface area contributed by atoms with Gasteiger partial charge in [0.25, 0.3) is 0 Å². The van der Waals surface area contributed by atoms with E-state index in [1.807, 2.05) is 0 Å². The first-order valence-electron chi connectivity index (χ1n) is 5.97. The molecule has 1 fully saturated rings. The summed E-state index contributed by atoms with van der Waals surface area (Å²) in [5.74, 6) is 3.61. The third kappa shape index (κ3) is 1.67. The maximum Gasteiger partial charge on any atom is 0.155 e. The molecule has 0 saturated carbocycles. The molecule has 3 heterocycles. The quantitative estimate of drug-likeness (QED) is 0.743. The number of fused-ring (bicyclic) bond motifs is 1.